The summed E-state index contributed by atoms with van der Waals surface area (Å²) in [5.74, 6) is 0.675. The van der Waals surface area contributed by atoms with Gasteiger partial charge in [0.05, 0.1) is 17.8 Å². The largest absolute Gasteiger partial charge is 0.489 e. The highest BCUT2D eigenvalue weighted by Gasteiger charge is 2.31. The third-order valence-corrected chi connectivity index (χ3v) is 6.01. The number of ether oxygens (including phenoxy) is 1. The van der Waals surface area contributed by atoms with Crippen LogP contribution in [0, 0.1) is 13.8 Å². The van der Waals surface area contributed by atoms with Gasteiger partial charge in [0.25, 0.3) is 5.91 Å². The topological polar surface area (TPSA) is 53.9 Å². The monoisotopic (exact) mass is 431 g/mol. The first kappa shape index (κ1) is 20.9. The van der Waals surface area contributed by atoms with E-state index in [0.29, 0.717) is 17.9 Å². The molecule has 3 aromatic rings. The van der Waals surface area contributed by atoms with Gasteiger partial charge in [0, 0.05) is 17.5 Å². The Bertz CT molecular complexity index is 1110. The fourth-order valence-electron chi connectivity index (χ4n) is 3.30. The van der Waals surface area contributed by atoms with E-state index in [2.05, 4.69) is 36.5 Å². The van der Waals surface area contributed by atoms with Gasteiger partial charge in [0.1, 0.15) is 18.1 Å². The first-order chi connectivity index (χ1) is 15.0. The first-order valence-electron chi connectivity index (χ1n) is 10.1. The summed E-state index contributed by atoms with van der Waals surface area (Å²) in [4.78, 5) is 15.3. The number of benzene rings is 2. The van der Waals surface area contributed by atoms with Crippen molar-refractivity contribution in [3.8, 4) is 0 Å². The SMILES string of the molecule is Cc1ccc(NN=C(COC2=C(c3cccs3)C(=O)N(C)C2)c2ccc(C)cc2)cc1. The van der Waals surface area contributed by atoms with Crippen LogP contribution in [0.15, 0.2) is 76.9 Å². The number of carbonyl (C=O) groups excluding carboxylic acids is 1. The van der Waals surface area contributed by atoms with Gasteiger partial charge in [-0.3, -0.25) is 10.2 Å². The lowest BCUT2D eigenvalue weighted by Gasteiger charge is -2.13. The minimum atomic E-state index is -0.0101. The smallest absolute Gasteiger partial charge is 0.258 e. The van der Waals surface area contributed by atoms with E-state index in [-0.39, 0.29) is 12.5 Å². The van der Waals surface area contributed by atoms with Crippen molar-refractivity contribution in [2.45, 2.75) is 13.8 Å². The van der Waals surface area contributed by atoms with Crippen LogP contribution < -0.4 is 5.43 Å². The van der Waals surface area contributed by atoms with Crippen LogP contribution in [-0.4, -0.2) is 36.7 Å². The summed E-state index contributed by atoms with van der Waals surface area (Å²) >= 11 is 1.54. The summed E-state index contributed by atoms with van der Waals surface area (Å²) in [6.45, 7) is 4.82. The van der Waals surface area contributed by atoms with Crippen molar-refractivity contribution < 1.29 is 9.53 Å². The lowest BCUT2D eigenvalue weighted by molar-refractivity contribution is -0.122. The van der Waals surface area contributed by atoms with Crippen LogP contribution in [-0.2, 0) is 9.53 Å². The van der Waals surface area contributed by atoms with Gasteiger partial charge in [-0.25, -0.2) is 0 Å². The van der Waals surface area contributed by atoms with Crippen molar-refractivity contribution in [2.24, 2.45) is 5.10 Å². The van der Waals surface area contributed by atoms with Gasteiger partial charge in [-0.1, -0.05) is 53.6 Å². The predicted molar refractivity (Wildman–Crippen MR) is 127 cm³/mol. The fourth-order valence-corrected chi connectivity index (χ4v) is 4.08. The van der Waals surface area contributed by atoms with Gasteiger partial charge in [0.15, 0.2) is 0 Å². The molecule has 0 aliphatic carbocycles. The summed E-state index contributed by atoms with van der Waals surface area (Å²) in [6.07, 6.45) is 0. The standard InChI is InChI=1S/C25H25N3O2S/c1-17-6-10-19(11-7-17)21(27-26-20-12-8-18(2)9-13-20)16-30-22-15-28(3)25(29)24(22)23-5-4-14-31-23/h4-14,26H,15-16H2,1-3H3. The van der Waals surface area contributed by atoms with Crippen LogP contribution in [0.5, 0.6) is 0 Å². The highest BCUT2D eigenvalue weighted by atomic mass is 32.1. The molecule has 0 saturated carbocycles. The summed E-state index contributed by atoms with van der Waals surface area (Å²) in [7, 11) is 1.79. The summed E-state index contributed by atoms with van der Waals surface area (Å²) in [5.41, 5.74) is 8.80. The molecule has 1 aromatic heterocycles. The van der Waals surface area contributed by atoms with E-state index >= 15 is 0 Å². The normalized spacial score (nSPS) is 14.4. The summed E-state index contributed by atoms with van der Waals surface area (Å²) in [6, 6.07) is 20.2. The third kappa shape index (κ3) is 4.86. The Morgan fingerprint density at radius 3 is 2.39 bits per heavy atom. The predicted octanol–water partition coefficient (Wildman–Crippen LogP) is 5.08. The lowest BCUT2D eigenvalue weighted by Crippen LogP contribution is -2.21. The number of amides is 1. The quantitative estimate of drug-likeness (QED) is 0.419. The van der Waals surface area contributed by atoms with Crippen molar-refractivity contribution in [3.05, 3.63) is 93.4 Å². The molecule has 1 aliphatic rings. The molecule has 0 atom stereocenters. The molecule has 1 N–H and O–H groups in total. The minimum Gasteiger partial charge on any atom is -0.489 e. The Morgan fingerprint density at radius 1 is 1.06 bits per heavy atom. The van der Waals surface area contributed by atoms with E-state index < -0.39 is 0 Å². The second kappa shape index (κ2) is 9.18. The Labute approximate surface area is 186 Å². The Hall–Kier alpha value is -3.38. The van der Waals surface area contributed by atoms with Gasteiger partial charge >= 0.3 is 0 Å². The lowest BCUT2D eigenvalue weighted by atomic mass is 10.1. The van der Waals surface area contributed by atoms with E-state index in [4.69, 9.17) is 4.74 Å². The van der Waals surface area contributed by atoms with Crippen LogP contribution in [0.25, 0.3) is 5.57 Å². The second-order valence-corrected chi connectivity index (χ2v) is 8.58. The highest BCUT2D eigenvalue weighted by Crippen LogP contribution is 2.31. The number of carbonyl (C=O) groups is 1. The zero-order valence-electron chi connectivity index (χ0n) is 17.9. The molecule has 0 spiro atoms. The van der Waals surface area contributed by atoms with Crippen molar-refractivity contribution in [1.82, 2.24) is 4.90 Å². The van der Waals surface area contributed by atoms with Gasteiger partial charge in [0.2, 0.25) is 0 Å². The Balaban J connectivity index is 1.59. The molecule has 0 unspecified atom stereocenters. The van der Waals surface area contributed by atoms with Gasteiger partial charge in [-0.2, -0.15) is 5.10 Å². The molecule has 1 aliphatic heterocycles. The molecule has 4 rings (SSSR count). The molecule has 0 fully saturated rings. The highest BCUT2D eigenvalue weighted by molar-refractivity contribution is 7.11. The molecular formula is C25H25N3O2S. The van der Waals surface area contributed by atoms with Gasteiger partial charge in [-0.05, 0) is 37.4 Å². The zero-order chi connectivity index (χ0) is 21.8. The number of aryl methyl sites for hydroxylation is 2. The maximum Gasteiger partial charge on any atom is 0.258 e. The van der Waals surface area contributed by atoms with Gasteiger partial charge in [-0.15, -0.1) is 11.3 Å². The van der Waals surface area contributed by atoms with Gasteiger partial charge < -0.3 is 9.64 Å². The Morgan fingerprint density at radius 2 is 1.74 bits per heavy atom. The molecule has 31 heavy (non-hydrogen) atoms. The van der Waals surface area contributed by atoms with E-state index in [1.54, 1.807) is 23.3 Å². The molecule has 0 radical (unpaired) electrons. The van der Waals surface area contributed by atoms with Crippen molar-refractivity contribution in [1.29, 1.82) is 0 Å². The average Bonchev–Trinajstić information content (AvgIpc) is 3.38. The van der Waals surface area contributed by atoms with Crippen molar-refractivity contribution in [3.63, 3.8) is 0 Å². The molecule has 5 nitrogen and oxygen atoms in total. The maximum atomic E-state index is 12.7. The van der Waals surface area contributed by atoms with Crippen LogP contribution in [0.2, 0.25) is 0 Å². The molecule has 2 heterocycles. The number of thiophene rings is 1. The molecule has 0 saturated heterocycles. The molecular weight excluding hydrogens is 406 g/mol. The number of hydrazone groups is 1. The van der Waals surface area contributed by atoms with E-state index in [1.807, 2.05) is 53.9 Å². The minimum absolute atomic E-state index is 0.0101. The van der Waals surface area contributed by atoms with Crippen LogP contribution >= 0.6 is 11.3 Å². The van der Waals surface area contributed by atoms with E-state index in [9.17, 15) is 4.79 Å². The number of likely N-dealkylation sites (N-methyl/N-ethyl adjacent to an activating group) is 1. The number of nitrogens with one attached hydrogen (secondary N) is 1. The number of hydrogen-bond donors (Lipinski definition) is 1. The summed E-state index contributed by atoms with van der Waals surface area (Å²) in [5, 5.41) is 6.60. The second-order valence-electron chi connectivity index (χ2n) is 7.63. The first-order valence-corrected chi connectivity index (χ1v) is 11.0. The molecule has 6 heteroatoms. The number of anilines is 1. The molecule has 158 valence electrons. The van der Waals surface area contributed by atoms with E-state index in [0.717, 1.165) is 21.8 Å². The maximum absolute atomic E-state index is 12.7. The van der Waals surface area contributed by atoms with Crippen molar-refractivity contribution in [2.75, 3.05) is 25.6 Å². The number of hydrogen-bond acceptors (Lipinski definition) is 5. The Kier molecular flexibility index (Phi) is 6.18. The number of nitrogens with zero attached hydrogens (tertiary/aromatic N) is 2. The van der Waals surface area contributed by atoms with Crippen LogP contribution in [0.3, 0.4) is 0 Å². The zero-order valence-corrected chi connectivity index (χ0v) is 18.7. The van der Waals surface area contributed by atoms with Crippen LogP contribution in [0.4, 0.5) is 5.69 Å². The average molecular weight is 432 g/mol. The third-order valence-electron chi connectivity index (χ3n) is 5.13. The molecule has 0 bridgehead atoms. The fraction of sp³-hybridized carbons (Fsp3) is 0.200. The summed E-state index contributed by atoms with van der Waals surface area (Å²) < 4.78 is 6.19. The molecule has 2 aromatic carbocycles. The molecule has 1 amide bonds. The van der Waals surface area contributed by atoms with Crippen LogP contribution in [0.1, 0.15) is 21.6 Å². The van der Waals surface area contributed by atoms with E-state index in [1.165, 1.54) is 11.1 Å². The van der Waals surface area contributed by atoms with Crippen molar-refractivity contribution >= 4 is 34.2 Å². The number of rotatable bonds is 7.